The normalized spacial score (nSPS) is 11.0. The lowest BCUT2D eigenvalue weighted by Gasteiger charge is -2.26. The average Bonchev–Trinajstić information content (AvgIpc) is 0.902. The van der Waals surface area contributed by atoms with Crippen LogP contribution < -0.4 is 73.7 Å². The van der Waals surface area contributed by atoms with Gasteiger partial charge in [0.25, 0.3) is 0 Å². The highest BCUT2D eigenvalue weighted by molar-refractivity contribution is 5.98. The molecule has 6 aromatic rings. The Balaban J connectivity index is 0.000000660. The predicted molar refractivity (Wildman–Crippen MR) is 429 cm³/mol. The highest BCUT2D eigenvalue weighted by Gasteiger charge is 2.14. The lowest BCUT2D eigenvalue weighted by molar-refractivity contribution is 0.402. The van der Waals surface area contributed by atoms with Crippen LogP contribution in [0.2, 0.25) is 0 Å². The van der Waals surface area contributed by atoms with E-state index in [0.717, 1.165) is 33.4 Å². The van der Waals surface area contributed by atoms with Crippen LogP contribution >= 0.6 is 0 Å². The molecule has 600 valence electrons. The van der Waals surface area contributed by atoms with Gasteiger partial charge in [0.1, 0.15) is 0 Å². The highest BCUT2D eigenvalue weighted by Crippen LogP contribution is 2.29. The van der Waals surface area contributed by atoms with E-state index in [1.807, 2.05) is 7.05 Å². The number of hydrogen-bond acceptors (Lipinski definition) is 21. The standard InChI is InChI=1S/2C12H19N5O2.4C11H17N5O2/c1-16(12(15)17(2)11(13)14)6-5-8-3-4-9(18)10(19)7-8;1-15-12(16-11(13)14)17(2)6-5-8-3-4-9(18)10(19)7-8;1-14-10(12)16-11(13)15-5-4-7-2-3-8(17)9(18)6-7;1-16(11(14)15-10(12)13)5-4-7-2-3-8(17)9(18)6-7;1-16(10(12)13)11(14)15-5-4-7-2-3-8(17)9(18)6-7;1-14-11(16-10(12)13)15-5-4-7-2-3-8(17)9(18)6-7/h3-4,7,15,18-19H,5-6H2,1-2H3,(H3,13,14);3-4,7,18-19H,5-6H2,1-2H3,(H4,13,14,15,16);2-3,6,17-18H,4-5H2,1H3,(H5,12,13,14,15,16);2-3,6,17-18H,4-5H2,1H3,(H5,12,13,14,15);2-3,6,17-18H,4-5H2,1H3,(H3,12,13)(H2,14,15);2-3,6,17-18H,4-5H2,1H3,(H5,12,13,14,15,16). The molecule has 0 bridgehead atoms. The summed E-state index contributed by atoms with van der Waals surface area (Å²) in [7, 11) is 13.0. The minimum absolute atomic E-state index is 0.0296. The van der Waals surface area contributed by atoms with Gasteiger partial charge in [-0.1, -0.05) is 36.4 Å². The van der Waals surface area contributed by atoms with Crippen molar-refractivity contribution < 1.29 is 61.3 Å². The molecule has 0 aliphatic rings. The second kappa shape index (κ2) is 48.4. The summed E-state index contributed by atoms with van der Waals surface area (Å²) in [4.78, 5) is 38.4. The molecule has 0 amide bonds. The Morgan fingerprint density at radius 2 is 0.682 bits per heavy atom. The minimum atomic E-state index is -0.195. The summed E-state index contributed by atoms with van der Waals surface area (Å²) in [6.07, 6.45) is 3.61. The van der Waals surface area contributed by atoms with Gasteiger partial charge in [-0.2, -0.15) is 15.0 Å². The molecule has 6 rings (SSSR count). The lowest BCUT2D eigenvalue weighted by Crippen LogP contribution is -2.46. The molecule has 0 saturated heterocycles. The minimum Gasteiger partial charge on any atom is -0.504 e. The summed E-state index contributed by atoms with van der Waals surface area (Å²) in [5.74, 6) is -1.01. The van der Waals surface area contributed by atoms with E-state index in [4.69, 9.17) is 105 Å². The fraction of sp³-hybridized carbons (Fsp3) is 0.294. The van der Waals surface area contributed by atoms with Crippen molar-refractivity contribution in [2.75, 3.05) is 95.6 Å². The largest absolute Gasteiger partial charge is 0.504 e. The van der Waals surface area contributed by atoms with Gasteiger partial charge < -0.3 is 144 Å². The predicted octanol–water partition coefficient (Wildman–Crippen LogP) is -1.30. The van der Waals surface area contributed by atoms with Crippen molar-refractivity contribution in [1.29, 1.82) is 21.6 Å². The number of rotatable bonds is 18. The molecule has 0 spiro atoms. The topological polar surface area (TPSA) is 764 Å². The maximum absolute atomic E-state index is 9.40. The second-order valence-electron chi connectivity index (χ2n) is 23.1. The number of phenolic OH excluding ortho intramolecular Hbond substituents is 12. The number of likely N-dealkylation sites (N-methyl/N-ethyl adjacent to an activating group) is 3. The molecule has 0 atom stereocenters. The van der Waals surface area contributed by atoms with Crippen LogP contribution in [0, 0.1) is 21.6 Å². The molecular formula is C68H106N30O12. The van der Waals surface area contributed by atoms with Crippen molar-refractivity contribution in [3.05, 3.63) is 143 Å². The van der Waals surface area contributed by atoms with Crippen molar-refractivity contribution >= 4 is 71.5 Å². The van der Waals surface area contributed by atoms with E-state index in [1.54, 1.807) is 93.4 Å². The summed E-state index contributed by atoms with van der Waals surface area (Å²) in [6.45, 7) is 3.04. The fourth-order valence-electron chi connectivity index (χ4n) is 8.22. The van der Waals surface area contributed by atoms with Gasteiger partial charge in [0.05, 0.1) is 0 Å². The number of guanidine groups is 12. The van der Waals surface area contributed by atoms with Crippen LogP contribution in [0.5, 0.6) is 69.0 Å². The molecule has 0 fully saturated rings. The van der Waals surface area contributed by atoms with Crippen LogP contribution in [0.15, 0.2) is 149 Å². The van der Waals surface area contributed by atoms with E-state index >= 15 is 0 Å². The first kappa shape index (κ1) is 93.4. The average molecular weight is 1540 g/mol. The van der Waals surface area contributed by atoms with E-state index in [9.17, 15) is 40.9 Å². The fourth-order valence-corrected chi connectivity index (χ4v) is 8.22. The number of hydrogen-bond donors (Lipinski definition) is 29. The monoisotopic (exact) mass is 1530 g/mol. The smallest absolute Gasteiger partial charge is 0.223 e. The van der Waals surface area contributed by atoms with Gasteiger partial charge in [0.15, 0.2) is 123 Å². The van der Waals surface area contributed by atoms with Gasteiger partial charge >= 0.3 is 0 Å². The first-order chi connectivity index (χ1) is 51.6. The van der Waals surface area contributed by atoms with Crippen LogP contribution in [0.3, 0.4) is 0 Å². The first-order valence-corrected chi connectivity index (χ1v) is 32.7. The zero-order chi connectivity index (χ0) is 83.5. The maximum atomic E-state index is 9.40. The number of phenols is 12. The van der Waals surface area contributed by atoms with E-state index in [2.05, 4.69) is 50.6 Å². The third-order valence-corrected chi connectivity index (χ3v) is 14.6. The second-order valence-corrected chi connectivity index (χ2v) is 23.1. The van der Waals surface area contributed by atoms with E-state index < -0.39 is 0 Å². The Morgan fingerprint density at radius 1 is 0.355 bits per heavy atom. The molecule has 0 aliphatic carbocycles. The van der Waals surface area contributed by atoms with Crippen molar-refractivity contribution in [3.63, 3.8) is 0 Å². The molecule has 0 aromatic heterocycles. The maximum Gasteiger partial charge on any atom is 0.223 e. The summed E-state index contributed by atoms with van der Waals surface area (Å²) in [5.41, 5.74) is 63.7. The van der Waals surface area contributed by atoms with Crippen molar-refractivity contribution in [2.45, 2.75) is 38.5 Å². The van der Waals surface area contributed by atoms with Crippen LogP contribution in [-0.2, 0) is 38.5 Å². The Bertz CT molecular complexity index is 4230. The molecule has 42 heteroatoms. The summed E-state index contributed by atoms with van der Waals surface area (Å²) in [6, 6.07) is 27.8. The SMILES string of the molecule is CN(C(=N)N)C(N)=NCCc1ccc(O)c(O)c1.CN(CCc1ccc(O)c(O)c1)C(=N)N(C)C(=N)N.CN(CCc1ccc(O)c(O)c1)C(=N)N=C(N)N.CN=C(N)NC(N)=NCCc1ccc(O)c(O)c1.CN=C(N=C(N)N)N(C)CCc1ccc(O)c(O)c1.CN=C(N=C(N)N)NCCc1ccc(O)c(O)c1. The summed E-state index contributed by atoms with van der Waals surface area (Å²) in [5, 5.41) is 146. The molecule has 0 aliphatic heterocycles. The Hall–Kier alpha value is -14.6. The van der Waals surface area contributed by atoms with E-state index in [-0.39, 0.29) is 129 Å². The number of nitrogens with one attached hydrogen (secondary N) is 6. The molecule has 40 N–H and O–H groups in total. The van der Waals surface area contributed by atoms with E-state index in [1.165, 1.54) is 89.6 Å². The summed E-state index contributed by atoms with van der Waals surface area (Å²) >= 11 is 0. The Kier molecular flexibility index (Phi) is 41.1. The lowest BCUT2D eigenvalue weighted by atomic mass is 10.1. The first-order valence-electron chi connectivity index (χ1n) is 32.7. The molecule has 0 heterocycles. The Morgan fingerprint density at radius 3 is 1.00 bits per heavy atom. The van der Waals surface area contributed by atoms with Crippen LogP contribution in [0.25, 0.3) is 0 Å². The van der Waals surface area contributed by atoms with E-state index in [0.29, 0.717) is 89.7 Å². The number of nitrogens with two attached hydrogens (primary N) is 11. The van der Waals surface area contributed by atoms with Crippen LogP contribution in [-0.4, -0.2) is 253 Å². The van der Waals surface area contributed by atoms with Crippen molar-refractivity contribution in [1.82, 2.24) is 35.1 Å². The summed E-state index contributed by atoms with van der Waals surface area (Å²) < 4.78 is 0. The van der Waals surface area contributed by atoms with Crippen LogP contribution in [0.1, 0.15) is 33.4 Å². The van der Waals surface area contributed by atoms with Crippen molar-refractivity contribution in [2.24, 2.45) is 103 Å². The molecule has 42 nitrogen and oxygen atoms in total. The third-order valence-electron chi connectivity index (χ3n) is 14.6. The Labute approximate surface area is 635 Å². The quantitative estimate of drug-likeness (QED) is 0.0270. The van der Waals surface area contributed by atoms with Crippen LogP contribution in [0.4, 0.5) is 0 Å². The number of benzene rings is 6. The number of aromatic hydroxyl groups is 12. The van der Waals surface area contributed by atoms with Gasteiger partial charge in [-0.15, -0.1) is 0 Å². The third kappa shape index (κ3) is 37.2. The zero-order valence-electron chi connectivity index (χ0n) is 62.4. The van der Waals surface area contributed by atoms with Gasteiger partial charge in [0.2, 0.25) is 17.9 Å². The molecule has 0 radical (unpaired) electrons. The molecule has 0 saturated carbocycles. The van der Waals surface area contributed by atoms with Gasteiger partial charge in [-0.05, 0) is 145 Å². The molecular weight excluding hydrogens is 1430 g/mol. The highest BCUT2D eigenvalue weighted by atomic mass is 16.3. The van der Waals surface area contributed by atoms with Gasteiger partial charge in [-0.25, -0.2) is 0 Å². The molecule has 110 heavy (non-hydrogen) atoms. The van der Waals surface area contributed by atoms with Gasteiger partial charge in [-0.3, -0.25) is 61.7 Å². The molecule has 6 aromatic carbocycles. The zero-order valence-corrected chi connectivity index (χ0v) is 62.4. The van der Waals surface area contributed by atoms with Gasteiger partial charge in [0, 0.05) is 95.6 Å². The number of nitrogens with zero attached hydrogens (tertiary/aromatic N) is 13. The number of aliphatic imine (C=N–C) groups is 8. The van der Waals surface area contributed by atoms with Crippen molar-refractivity contribution in [3.8, 4) is 69.0 Å². The molecule has 0 unspecified atom stereocenters.